The van der Waals surface area contributed by atoms with Gasteiger partial charge in [-0.3, -0.25) is 91.1 Å². The Morgan fingerprint density at radius 2 is 1.16 bits per heavy atom. The maximum atomic E-state index is 15.0. The van der Waals surface area contributed by atoms with E-state index in [9.17, 15) is 126 Å². The van der Waals surface area contributed by atoms with Gasteiger partial charge in [0.2, 0.25) is 94.5 Å². The lowest BCUT2D eigenvalue weighted by molar-refractivity contribution is -0.159. The second-order valence-corrected chi connectivity index (χ2v) is 27.8. The van der Waals surface area contributed by atoms with Crippen molar-refractivity contribution in [3.63, 3.8) is 0 Å². The van der Waals surface area contributed by atoms with Crippen LogP contribution in [0.25, 0.3) is 10.9 Å². The van der Waals surface area contributed by atoms with Crippen LogP contribution in [0.1, 0.15) is 143 Å². The number of likely N-dealkylation sites (N-methyl/N-ethyl adjacent to an activating group) is 1. The van der Waals surface area contributed by atoms with Gasteiger partial charge in [0.15, 0.2) is 12.2 Å². The number of ether oxygens (including phenoxy) is 2. The molecule has 0 bridgehead atoms. The monoisotopic (exact) mass is 1640 g/mol. The number of aromatic amines is 1. The van der Waals surface area contributed by atoms with E-state index in [-0.39, 0.29) is 19.3 Å². The molecule has 642 valence electrons. The van der Waals surface area contributed by atoms with Crippen LogP contribution in [0.2, 0.25) is 0 Å². The zero-order valence-electron chi connectivity index (χ0n) is 65.2. The van der Waals surface area contributed by atoms with Gasteiger partial charge >= 0.3 is 29.8 Å². The zero-order chi connectivity index (χ0) is 87.5. The molecule has 24 N–H and O–H groups in total. The Hall–Kier alpha value is -12.4. The average molecular weight is 1640 g/mol. The van der Waals surface area contributed by atoms with Crippen LogP contribution >= 0.6 is 0 Å². The topological polar surface area (TPSA) is 720 Å². The first kappa shape index (κ1) is 97.7. The van der Waals surface area contributed by atoms with Crippen molar-refractivity contribution in [3.8, 4) is 0 Å². The Kier molecular flexibility index (Phi) is 40.4. The van der Waals surface area contributed by atoms with Crippen molar-refractivity contribution in [2.45, 2.75) is 229 Å². The quantitative estimate of drug-likeness (QED) is 0.0223. The number of hydrogen-bond donors (Lipinski definition) is 21. The summed E-state index contributed by atoms with van der Waals surface area (Å²) in [5.41, 5.74) is 17.4. The minimum atomic E-state index is -2.82. The van der Waals surface area contributed by atoms with E-state index in [1.165, 1.54) is 13.8 Å². The van der Waals surface area contributed by atoms with Gasteiger partial charge in [0.1, 0.15) is 72.6 Å². The predicted molar refractivity (Wildman–Crippen MR) is 399 cm³/mol. The number of benzene rings is 1. The number of primary amides is 3. The number of aromatic nitrogens is 1. The van der Waals surface area contributed by atoms with E-state index >= 15 is 0 Å². The van der Waals surface area contributed by atoms with Gasteiger partial charge < -0.3 is 126 Å². The molecule has 1 aliphatic rings. The number of carbonyl (C=O) groups excluding carboxylic acids is 17. The minimum absolute atomic E-state index is 0.0338. The van der Waals surface area contributed by atoms with E-state index in [1.54, 1.807) is 30.5 Å². The molecule has 1 aromatic carbocycles. The summed E-state index contributed by atoms with van der Waals surface area (Å²) in [5.74, 6) is -31.6. The number of carboxylic acid groups (broad SMARTS) is 4. The number of aliphatic hydroxyl groups excluding tert-OH is 1. The molecule has 1 saturated heterocycles. The first-order valence-electron chi connectivity index (χ1n) is 37.0. The molecule has 0 saturated carbocycles. The number of hydrogen-bond acceptors (Lipinski definition) is 24. The summed E-state index contributed by atoms with van der Waals surface area (Å²) in [6.07, 6.45) is -8.32. The smallest absolute Gasteiger partial charge is 0.335 e. The van der Waals surface area contributed by atoms with E-state index in [1.807, 2.05) is 31.9 Å². The van der Waals surface area contributed by atoms with Crippen LogP contribution in [-0.2, 0) is 117 Å². The number of esters is 1. The van der Waals surface area contributed by atoms with E-state index in [0.29, 0.717) is 40.1 Å². The number of unbranched alkanes of at least 4 members (excludes halogenated alkanes) is 3. The number of nitrogens with zero attached hydrogens (tertiary/aromatic N) is 1. The van der Waals surface area contributed by atoms with Gasteiger partial charge in [-0.1, -0.05) is 84.4 Å². The molecule has 16 amide bonds. The lowest BCUT2D eigenvalue weighted by Crippen LogP contribution is -2.64. The molecule has 3 rings (SSSR count). The molecule has 1 aromatic heterocycles. The van der Waals surface area contributed by atoms with E-state index in [2.05, 4.69) is 50.7 Å². The molecule has 0 aliphatic carbocycles. The number of H-pyrrole nitrogens is 1. The molecule has 2 heterocycles. The summed E-state index contributed by atoms with van der Waals surface area (Å²) in [6.45, 7) is 6.44. The van der Waals surface area contributed by atoms with E-state index < -0.39 is 273 Å². The molecule has 16 atom stereocenters. The number of carbonyl (C=O) groups is 21. The normalized spacial score (nSPS) is 22.0. The van der Waals surface area contributed by atoms with Crippen LogP contribution in [0.5, 0.6) is 0 Å². The number of fused-ring (bicyclic) bond motifs is 1. The number of aliphatic carboxylic acids is 4. The third-order valence-corrected chi connectivity index (χ3v) is 18.6. The van der Waals surface area contributed by atoms with Gasteiger partial charge in [-0.25, -0.2) is 9.59 Å². The Morgan fingerprint density at radius 1 is 0.603 bits per heavy atom. The van der Waals surface area contributed by atoms with Gasteiger partial charge in [0, 0.05) is 56.9 Å². The third-order valence-electron chi connectivity index (χ3n) is 18.6. The highest BCUT2D eigenvalue weighted by Gasteiger charge is 2.44. The molecule has 16 unspecified atom stereocenters. The van der Waals surface area contributed by atoms with Crippen LogP contribution in [0.3, 0.4) is 0 Å². The largest absolute Gasteiger partial charge is 0.481 e. The van der Waals surface area contributed by atoms with Crippen molar-refractivity contribution in [1.29, 1.82) is 0 Å². The highest BCUT2D eigenvalue weighted by Crippen LogP contribution is 2.21. The van der Waals surface area contributed by atoms with Gasteiger partial charge in [-0.15, -0.1) is 0 Å². The summed E-state index contributed by atoms with van der Waals surface area (Å²) in [7, 11) is 1.60. The third kappa shape index (κ3) is 32.6. The van der Waals surface area contributed by atoms with Gasteiger partial charge in [-0.2, -0.15) is 0 Å². The fraction of sp³-hybridized carbons (Fsp3) is 0.592. The van der Waals surface area contributed by atoms with Crippen molar-refractivity contribution in [1.82, 2.24) is 73.7 Å². The number of methoxy groups -OCH3 is 1. The maximum Gasteiger partial charge on any atom is 0.335 e. The Morgan fingerprint density at radius 3 is 1.74 bits per heavy atom. The van der Waals surface area contributed by atoms with Crippen molar-refractivity contribution in [3.05, 3.63) is 36.0 Å². The zero-order valence-corrected chi connectivity index (χ0v) is 65.2. The fourth-order valence-corrected chi connectivity index (χ4v) is 11.6. The standard InChI is InChI=1S/C71H105N17O28/c1-9-32(3)17-13-11-12-14-20-47(91)78-41(25-36-29-75-38-19-16-15-18-37(36)38)63(105)80-40(22-24-51(96)97)62(104)86-55(57(100)59(74)101)68(110)85-54-35(6)116-71(114)53(33(4)10-2)84-61(103)39(21-23-50(94)95)81-64(106)42(26-45(72)89)79-48(92)30-76-67(109)56(58(115-8)70(112)113)87-66(108)43(27-46(73)90)83-65(107)44(28-52(98)99)82-60(102)34(5)77-49(93)31-88(7)69(54)111/h15-16,18-19,29,32-35,39-44,53-58,75,100H,9-14,17,20-28,30-31H2,1-8H3,(H2,72,89)(H2,73,90)(H2,74,101)(H,76,109)(H,77,93)(H,78,91)(H,79,92)(H,80,105)(H,81,106)(H,82,102)(H,83,107)(H,84,103)(H,85,110)(H,86,104)(H,87,108)(H,94,95)(H,96,97)(H,98,99)(H,112,113). The lowest BCUT2D eigenvalue weighted by atomic mass is 9.98. The summed E-state index contributed by atoms with van der Waals surface area (Å²) in [4.78, 5) is 288. The maximum absolute atomic E-state index is 15.0. The van der Waals surface area contributed by atoms with Crippen LogP contribution in [-0.4, -0.2) is 272 Å². The van der Waals surface area contributed by atoms with Crippen molar-refractivity contribution < 1.29 is 136 Å². The highest BCUT2D eigenvalue weighted by molar-refractivity contribution is 6.03. The van der Waals surface area contributed by atoms with E-state index in [0.717, 1.165) is 53.7 Å². The van der Waals surface area contributed by atoms with E-state index in [4.69, 9.17) is 26.7 Å². The Bertz CT molecular complexity index is 3930. The molecular formula is C71H105N17O28. The minimum Gasteiger partial charge on any atom is -0.481 e. The van der Waals surface area contributed by atoms with Crippen LogP contribution in [0.4, 0.5) is 0 Å². The molecule has 2 aromatic rings. The summed E-state index contributed by atoms with van der Waals surface area (Å²) in [5, 5.41) is 77.0. The second kappa shape index (κ2) is 47.9. The van der Waals surface area contributed by atoms with Crippen molar-refractivity contribution >= 4 is 135 Å². The summed E-state index contributed by atoms with van der Waals surface area (Å²) in [6, 6.07) is -16.6. The molecule has 45 heteroatoms. The molecular weight excluding hydrogens is 1540 g/mol. The summed E-state index contributed by atoms with van der Waals surface area (Å²) < 4.78 is 10.6. The van der Waals surface area contributed by atoms with Crippen LogP contribution < -0.4 is 81.0 Å². The first-order valence-corrected chi connectivity index (χ1v) is 37.0. The lowest BCUT2D eigenvalue weighted by Gasteiger charge is -2.32. The van der Waals surface area contributed by atoms with Crippen LogP contribution in [0.15, 0.2) is 30.5 Å². The molecule has 45 nitrogen and oxygen atoms in total. The molecule has 1 fully saturated rings. The second-order valence-electron chi connectivity index (χ2n) is 27.8. The number of carboxylic acids is 4. The van der Waals surface area contributed by atoms with Crippen molar-refractivity contribution in [2.75, 3.05) is 27.2 Å². The molecule has 0 spiro atoms. The number of amides is 16. The predicted octanol–water partition coefficient (Wildman–Crippen LogP) is -7.08. The van der Waals surface area contributed by atoms with Crippen molar-refractivity contribution in [2.24, 2.45) is 29.0 Å². The van der Waals surface area contributed by atoms with Gasteiger partial charge in [0.05, 0.1) is 32.4 Å². The number of cyclic esters (lactones) is 1. The fourth-order valence-electron chi connectivity index (χ4n) is 11.6. The average Bonchev–Trinajstić information content (AvgIpc) is 1.68. The SMILES string of the molecule is CCC(C)CCCCCCC(=O)NC(Cc1c[nH]c2ccccc12)C(=O)NC(CCC(=O)O)C(=O)NC(C(=O)NC1C(=O)N(C)CC(=O)NC(C)C(=O)NC(CC(=O)O)C(=O)NC(CC(N)=O)C(=O)NC(C(OC)C(=O)O)C(=O)NCC(=O)NC(CC(N)=O)C(=O)NC(CCC(=O)O)C(=O)NC(C(C)CC)C(=O)OC1C)C(O)C(N)=O. The van der Waals surface area contributed by atoms with Gasteiger partial charge in [-0.05, 0) is 56.6 Å². The number of aliphatic hydroxyl groups is 1. The van der Waals surface area contributed by atoms with Gasteiger partial charge in [0.25, 0.3) is 0 Å². The number of nitrogens with two attached hydrogens (primary N) is 3. The number of para-hydroxylation sites is 1. The Balaban J connectivity index is 2.27. The molecule has 0 radical (unpaired) electrons. The molecule has 1 aliphatic heterocycles. The first-order chi connectivity index (χ1) is 54.4. The number of rotatable bonds is 36. The summed E-state index contributed by atoms with van der Waals surface area (Å²) >= 11 is 0. The molecule has 116 heavy (non-hydrogen) atoms. The number of nitrogens with one attached hydrogen (secondary N) is 13. The Labute approximate surface area is 663 Å². The van der Waals surface area contributed by atoms with Crippen LogP contribution in [0, 0.1) is 11.8 Å². The highest BCUT2D eigenvalue weighted by atomic mass is 16.5.